The quantitative estimate of drug-likeness (QED) is 0.0835. The third-order valence-electron chi connectivity index (χ3n) is 6.12. The van der Waals surface area contributed by atoms with Crippen LogP contribution in [-0.4, -0.2) is 56.9 Å². The van der Waals surface area contributed by atoms with Crippen molar-refractivity contribution in [2.75, 3.05) is 5.32 Å². The van der Waals surface area contributed by atoms with E-state index >= 15 is 0 Å². The second kappa shape index (κ2) is 14.8. The van der Waals surface area contributed by atoms with Gasteiger partial charge < -0.3 is 30.7 Å². The molecule has 0 aliphatic rings. The van der Waals surface area contributed by atoms with Crippen molar-refractivity contribution in [2.45, 2.75) is 39.0 Å². The lowest BCUT2D eigenvalue weighted by Gasteiger charge is -2.29. The van der Waals surface area contributed by atoms with Crippen molar-refractivity contribution in [1.29, 1.82) is 5.41 Å². The van der Waals surface area contributed by atoms with Crippen molar-refractivity contribution >= 4 is 41.4 Å². The van der Waals surface area contributed by atoms with Crippen LogP contribution < -0.4 is 15.8 Å². The van der Waals surface area contributed by atoms with E-state index in [1.54, 1.807) is 37.3 Å². The number of nitrogens with one attached hydrogen (secondary N) is 2. The van der Waals surface area contributed by atoms with E-state index in [1.165, 1.54) is 42.5 Å². The van der Waals surface area contributed by atoms with Gasteiger partial charge in [0.2, 0.25) is 0 Å². The molecule has 0 saturated heterocycles. The zero-order valence-corrected chi connectivity index (χ0v) is 23.1. The number of amides is 1. The van der Waals surface area contributed by atoms with Crippen LogP contribution in [0.25, 0.3) is 0 Å². The number of anilines is 1. The summed E-state index contributed by atoms with van der Waals surface area (Å²) in [7, 11) is 0. The Morgan fingerprint density at radius 1 is 0.930 bits per heavy atom. The van der Waals surface area contributed by atoms with Gasteiger partial charge in [0.1, 0.15) is 18.4 Å². The van der Waals surface area contributed by atoms with Crippen molar-refractivity contribution in [2.24, 2.45) is 5.73 Å². The van der Waals surface area contributed by atoms with E-state index in [0.717, 1.165) is 4.90 Å². The number of carbonyl (C=O) groups excluding carboxylic acids is 3. The van der Waals surface area contributed by atoms with Crippen LogP contribution in [0.3, 0.4) is 0 Å². The first-order valence-electron chi connectivity index (χ1n) is 13.0. The minimum atomic E-state index is -1.34. The number of Topliss-reactive ketones (excluding diaryl/α,β-unsaturated/α-hetero) is 1. The Balaban J connectivity index is 1.70. The molecule has 0 aliphatic carbocycles. The SMILES string of the molecule is CCC(=O)[C@H](CC(=O)O)N(Cc1cccc(C(=O)O)c1)C(=O)OCc1ccc(OC(=O)c2ccc(NC(=N)N)cc2)cc1. The number of carbonyl (C=O) groups is 5. The zero-order chi connectivity index (χ0) is 31.5. The van der Waals surface area contributed by atoms with E-state index in [0.29, 0.717) is 16.8 Å². The molecule has 3 aromatic carbocycles. The number of aromatic carboxylic acids is 1. The Labute approximate surface area is 246 Å². The van der Waals surface area contributed by atoms with E-state index in [2.05, 4.69) is 5.32 Å². The summed E-state index contributed by atoms with van der Waals surface area (Å²) < 4.78 is 10.8. The number of hydrogen-bond donors (Lipinski definition) is 5. The number of carboxylic acids is 2. The lowest BCUT2D eigenvalue weighted by Crippen LogP contribution is -2.46. The summed E-state index contributed by atoms with van der Waals surface area (Å²) in [5.41, 5.74) is 6.92. The van der Waals surface area contributed by atoms with Gasteiger partial charge in [0.05, 0.1) is 17.5 Å². The summed E-state index contributed by atoms with van der Waals surface area (Å²) in [6.45, 7) is 1.04. The van der Waals surface area contributed by atoms with Gasteiger partial charge >= 0.3 is 24.0 Å². The van der Waals surface area contributed by atoms with Crippen molar-refractivity contribution in [3.05, 3.63) is 95.1 Å². The Hall–Kier alpha value is -5.72. The average molecular weight is 591 g/mol. The zero-order valence-electron chi connectivity index (χ0n) is 23.1. The lowest BCUT2D eigenvalue weighted by atomic mass is 10.0. The molecule has 224 valence electrons. The topological polar surface area (TPSA) is 209 Å². The van der Waals surface area contributed by atoms with Gasteiger partial charge in [-0.3, -0.25) is 19.9 Å². The van der Waals surface area contributed by atoms with Crippen LogP contribution in [0.2, 0.25) is 0 Å². The second-order valence-corrected chi connectivity index (χ2v) is 9.27. The molecule has 43 heavy (non-hydrogen) atoms. The van der Waals surface area contributed by atoms with Crippen molar-refractivity contribution in [3.63, 3.8) is 0 Å². The monoisotopic (exact) mass is 590 g/mol. The summed E-state index contributed by atoms with van der Waals surface area (Å²) in [4.78, 5) is 62.2. The number of nitrogens with zero attached hydrogens (tertiary/aromatic N) is 1. The van der Waals surface area contributed by atoms with Crippen molar-refractivity contribution in [3.8, 4) is 5.75 Å². The Bertz CT molecular complexity index is 1500. The fraction of sp³-hybridized carbons (Fsp3) is 0.200. The van der Waals surface area contributed by atoms with Crippen LogP contribution in [0.5, 0.6) is 5.75 Å². The molecule has 13 heteroatoms. The third-order valence-corrected chi connectivity index (χ3v) is 6.12. The molecule has 0 spiro atoms. The molecule has 6 N–H and O–H groups in total. The Morgan fingerprint density at radius 3 is 2.19 bits per heavy atom. The first-order chi connectivity index (χ1) is 20.5. The summed E-state index contributed by atoms with van der Waals surface area (Å²) in [5, 5.41) is 28.5. The first kappa shape index (κ1) is 31.8. The normalized spacial score (nSPS) is 11.1. The number of carboxylic acid groups (broad SMARTS) is 2. The summed E-state index contributed by atoms with van der Waals surface area (Å²) in [6, 6.07) is 16.6. The molecule has 0 saturated carbocycles. The predicted molar refractivity (Wildman–Crippen MR) is 154 cm³/mol. The number of rotatable bonds is 13. The van der Waals surface area contributed by atoms with Gasteiger partial charge in [-0.15, -0.1) is 0 Å². The van der Waals surface area contributed by atoms with Gasteiger partial charge in [0.15, 0.2) is 11.7 Å². The van der Waals surface area contributed by atoms with Gasteiger partial charge in [0.25, 0.3) is 0 Å². The molecule has 0 radical (unpaired) electrons. The summed E-state index contributed by atoms with van der Waals surface area (Å²) in [6.07, 6.45) is -1.65. The van der Waals surface area contributed by atoms with Gasteiger partial charge in [-0.05, 0) is 59.7 Å². The number of benzene rings is 3. The molecular weight excluding hydrogens is 560 g/mol. The van der Waals surface area contributed by atoms with Crippen LogP contribution in [0, 0.1) is 5.41 Å². The molecule has 3 rings (SSSR count). The van der Waals surface area contributed by atoms with Crippen LogP contribution in [0.4, 0.5) is 10.5 Å². The van der Waals surface area contributed by atoms with Crippen LogP contribution >= 0.6 is 0 Å². The second-order valence-electron chi connectivity index (χ2n) is 9.27. The number of ether oxygens (including phenoxy) is 2. The standard InChI is InChI=1S/C30H30N4O9/c1-2-25(35)24(15-26(36)37)34(16-19-4-3-5-21(14-19)27(38)39)30(41)42-17-18-6-12-23(13-7-18)43-28(40)20-8-10-22(11-9-20)33-29(31)32/h3-14,24H,2,15-17H2,1H3,(H,36,37)(H,38,39)(H4,31,32,33)/t24-/m0/s1. The lowest BCUT2D eigenvalue weighted by molar-refractivity contribution is -0.141. The van der Waals surface area contributed by atoms with E-state index in [-0.39, 0.29) is 42.4 Å². The summed E-state index contributed by atoms with van der Waals surface area (Å²) in [5.74, 6) is -3.62. The molecule has 3 aromatic rings. The number of nitrogens with two attached hydrogens (primary N) is 1. The van der Waals surface area contributed by atoms with Crippen molar-refractivity contribution < 1.29 is 43.7 Å². The molecule has 13 nitrogen and oxygen atoms in total. The molecule has 1 amide bonds. The highest BCUT2D eigenvalue weighted by Crippen LogP contribution is 2.19. The van der Waals surface area contributed by atoms with Gasteiger partial charge in [-0.25, -0.2) is 14.4 Å². The third kappa shape index (κ3) is 9.42. The van der Waals surface area contributed by atoms with Crippen LogP contribution in [0.1, 0.15) is 51.6 Å². The smallest absolute Gasteiger partial charge is 0.411 e. The van der Waals surface area contributed by atoms with Crippen LogP contribution in [-0.2, 0) is 27.5 Å². The molecule has 0 fully saturated rings. The molecule has 0 heterocycles. The molecule has 1 atom stereocenters. The van der Waals surface area contributed by atoms with E-state index in [1.807, 2.05) is 0 Å². The van der Waals surface area contributed by atoms with E-state index in [4.69, 9.17) is 20.6 Å². The average Bonchev–Trinajstić information content (AvgIpc) is 2.98. The molecule has 0 bridgehead atoms. The van der Waals surface area contributed by atoms with Gasteiger partial charge in [-0.2, -0.15) is 0 Å². The minimum Gasteiger partial charge on any atom is -0.481 e. The fourth-order valence-corrected chi connectivity index (χ4v) is 3.99. The maximum Gasteiger partial charge on any atom is 0.411 e. The van der Waals surface area contributed by atoms with Gasteiger partial charge in [-0.1, -0.05) is 31.2 Å². The first-order valence-corrected chi connectivity index (χ1v) is 13.0. The molecule has 0 aromatic heterocycles. The number of hydrogen-bond acceptors (Lipinski definition) is 8. The number of aliphatic carboxylic acids is 1. The highest BCUT2D eigenvalue weighted by atomic mass is 16.6. The fourth-order valence-electron chi connectivity index (χ4n) is 3.99. The number of esters is 1. The van der Waals surface area contributed by atoms with Crippen LogP contribution in [0.15, 0.2) is 72.8 Å². The number of guanidine groups is 1. The number of ketones is 1. The highest BCUT2D eigenvalue weighted by Gasteiger charge is 2.32. The Kier molecular flexibility index (Phi) is 10.9. The van der Waals surface area contributed by atoms with E-state index in [9.17, 15) is 34.2 Å². The predicted octanol–water partition coefficient (Wildman–Crippen LogP) is 3.87. The maximum absolute atomic E-state index is 13.2. The maximum atomic E-state index is 13.2. The summed E-state index contributed by atoms with van der Waals surface area (Å²) >= 11 is 0. The minimum absolute atomic E-state index is 0.0312. The Morgan fingerprint density at radius 2 is 1.60 bits per heavy atom. The van der Waals surface area contributed by atoms with Gasteiger partial charge in [0, 0.05) is 18.7 Å². The molecule has 0 aliphatic heterocycles. The molecular formula is C30H30N4O9. The highest BCUT2D eigenvalue weighted by molar-refractivity contribution is 5.93. The largest absolute Gasteiger partial charge is 0.481 e. The van der Waals surface area contributed by atoms with Crippen molar-refractivity contribution in [1.82, 2.24) is 4.90 Å². The van der Waals surface area contributed by atoms with E-state index < -0.39 is 42.2 Å². The molecule has 0 unspecified atom stereocenters.